The monoisotopic (exact) mass is 180 g/mol. The van der Waals surface area contributed by atoms with Gasteiger partial charge in [-0.3, -0.25) is 4.79 Å². The first-order chi connectivity index (χ1) is 6.07. The Labute approximate surface area is 79.6 Å². The van der Waals surface area contributed by atoms with Crippen molar-refractivity contribution in [1.82, 2.24) is 0 Å². The first-order valence-corrected chi connectivity index (χ1v) is 4.19. The van der Waals surface area contributed by atoms with Gasteiger partial charge in [0.25, 0.3) is 0 Å². The lowest BCUT2D eigenvalue weighted by molar-refractivity contribution is -0.139. The summed E-state index contributed by atoms with van der Waals surface area (Å²) >= 11 is 0. The Morgan fingerprint density at radius 3 is 2.46 bits per heavy atom. The molecule has 0 aromatic heterocycles. The Bertz CT molecular complexity index is 247. The van der Waals surface area contributed by atoms with E-state index in [1.807, 2.05) is 32.1 Å². The topological polar surface area (TPSA) is 26.3 Å². The largest absolute Gasteiger partial charge is 0.461 e. The van der Waals surface area contributed by atoms with E-state index in [2.05, 4.69) is 6.58 Å². The van der Waals surface area contributed by atoms with Gasteiger partial charge in [-0.25, -0.2) is 0 Å². The van der Waals surface area contributed by atoms with Crippen molar-refractivity contribution >= 4 is 5.97 Å². The van der Waals surface area contributed by atoms with Gasteiger partial charge in [0.1, 0.15) is 6.61 Å². The average molecular weight is 180 g/mol. The molecule has 0 heterocycles. The van der Waals surface area contributed by atoms with Gasteiger partial charge in [0.2, 0.25) is 0 Å². The lowest BCUT2D eigenvalue weighted by atomic mass is 10.1. The maximum absolute atomic E-state index is 10.5. The smallest absolute Gasteiger partial charge is 0.302 e. The van der Waals surface area contributed by atoms with E-state index in [9.17, 15) is 4.79 Å². The number of carbonyl (C=O) groups excluding carboxylic acids is 1. The molecule has 0 saturated carbocycles. The fourth-order valence-corrected chi connectivity index (χ4v) is 0.705. The molecule has 0 fully saturated rings. The van der Waals surface area contributed by atoms with Crippen LogP contribution in [-0.2, 0) is 9.53 Å². The summed E-state index contributed by atoms with van der Waals surface area (Å²) in [6, 6.07) is 0. The second-order valence-corrected chi connectivity index (χ2v) is 2.78. The van der Waals surface area contributed by atoms with E-state index in [4.69, 9.17) is 4.74 Å². The van der Waals surface area contributed by atoms with Crippen molar-refractivity contribution < 1.29 is 9.53 Å². The van der Waals surface area contributed by atoms with Crippen LogP contribution in [0.1, 0.15) is 20.8 Å². The first-order valence-electron chi connectivity index (χ1n) is 4.19. The fourth-order valence-electron chi connectivity index (χ4n) is 0.705. The predicted octanol–water partition coefficient (Wildman–Crippen LogP) is 2.63. The molecule has 0 atom stereocenters. The summed E-state index contributed by atoms with van der Waals surface area (Å²) < 4.78 is 4.86. The predicted molar refractivity (Wildman–Crippen MR) is 54.3 cm³/mol. The van der Waals surface area contributed by atoms with Crippen LogP contribution >= 0.6 is 0 Å². The zero-order valence-electron chi connectivity index (χ0n) is 8.46. The van der Waals surface area contributed by atoms with Crippen molar-refractivity contribution in [3.8, 4) is 0 Å². The zero-order chi connectivity index (χ0) is 10.3. The molecular weight excluding hydrogens is 164 g/mol. The van der Waals surface area contributed by atoms with Gasteiger partial charge in [0, 0.05) is 6.92 Å². The highest BCUT2D eigenvalue weighted by Crippen LogP contribution is 2.07. The van der Waals surface area contributed by atoms with E-state index < -0.39 is 0 Å². The molecule has 0 aromatic carbocycles. The summed E-state index contributed by atoms with van der Waals surface area (Å²) in [6.45, 7) is 9.30. The Hall–Kier alpha value is -1.31. The average Bonchev–Trinajstić information content (AvgIpc) is 2.03. The van der Waals surface area contributed by atoms with Gasteiger partial charge in [-0.2, -0.15) is 0 Å². The van der Waals surface area contributed by atoms with Crippen LogP contribution in [0.3, 0.4) is 0 Å². The van der Waals surface area contributed by atoms with Crippen LogP contribution in [0.5, 0.6) is 0 Å². The Morgan fingerprint density at radius 2 is 2.08 bits per heavy atom. The third-order valence-electron chi connectivity index (χ3n) is 1.47. The molecule has 0 aliphatic rings. The molecule has 0 radical (unpaired) electrons. The van der Waals surface area contributed by atoms with Crippen LogP contribution in [0, 0.1) is 0 Å². The summed E-state index contributed by atoms with van der Waals surface area (Å²) in [5.74, 6) is -0.271. The van der Waals surface area contributed by atoms with Crippen molar-refractivity contribution in [1.29, 1.82) is 0 Å². The lowest BCUT2D eigenvalue weighted by Gasteiger charge is -2.05. The molecule has 0 saturated heterocycles. The van der Waals surface area contributed by atoms with E-state index in [1.165, 1.54) is 6.92 Å². The van der Waals surface area contributed by atoms with E-state index in [-0.39, 0.29) is 5.97 Å². The maximum atomic E-state index is 10.5. The maximum Gasteiger partial charge on any atom is 0.302 e. The summed E-state index contributed by atoms with van der Waals surface area (Å²) in [5.41, 5.74) is 1.85. The van der Waals surface area contributed by atoms with Crippen LogP contribution in [0.25, 0.3) is 0 Å². The molecule has 0 rings (SSSR count). The minimum absolute atomic E-state index is 0.271. The summed E-state index contributed by atoms with van der Waals surface area (Å²) in [7, 11) is 0. The van der Waals surface area contributed by atoms with Crippen molar-refractivity contribution in [3.63, 3.8) is 0 Å². The second kappa shape index (κ2) is 6.23. The minimum atomic E-state index is -0.271. The van der Waals surface area contributed by atoms with Crippen molar-refractivity contribution in [2.24, 2.45) is 0 Å². The first kappa shape index (κ1) is 11.7. The van der Waals surface area contributed by atoms with Crippen molar-refractivity contribution in [2.75, 3.05) is 6.61 Å². The van der Waals surface area contributed by atoms with Crippen molar-refractivity contribution in [3.05, 3.63) is 36.0 Å². The second-order valence-electron chi connectivity index (χ2n) is 2.78. The molecule has 0 amide bonds. The van der Waals surface area contributed by atoms with Gasteiger partial charge in [-0.15, -0.1) is 0 Å². The number of allylic oxidation sites excluding steroid dienone is 3. The van der Waals surface area contributed by atoms with Gasteiger partial charge in [-0.1, -0.05) is 30.4 Å². The van der Waals surface area contributed by atoms with Gasteiger partial charge in [0.15, 0.2) is 0 Å². The standard InChI is InChI=1S/C11H16O2/c1-5-6-7-11(9(2)3)8-13-10(4)12/h5-7H,2,8H2,1,3-4H3. The Balaban J connectivity index is 4.27. The number of carbonyl (C=O) groups is 1. The van der Waals surface area contributed by atoms with E-state index >= 15 is 0 Å². The van der Waals surface area contributed by atoms with Crippen molar-refractivity contribution in [2.45, 2.75) is 20.8 Å². The van der Waals surface area contributed by atoms with Gasteiger partial charge in [0.05, 0.1) is 0 Å². The van der Waals surface area contributed by atoms with Crippen LogP contribution in [-0.4, -0.2) is 12.6 Å². The van der Waals surface area contributed by atoms with Crippen LogP contribution in [0.2, 0.25) is 0 Å². The molecule has 0 spiro atoms. The molecule has 0 N–H and O–H groups in total. The van der Waals surface area contributed by atoms with E-state index in [0.717, 1.165) is 11.1 Å². The zero-order valence-corrected chi connectivity index (χ0v) is 8.46. The van der Waals surface area contributed by atoms with Gasteiger partial charge in [-0.05, 0) is 19.4 Å². The molecule has 13 heavy (non-hydrogen) atoms. The van der Waals surface area contributed by atoms with Gasteiger partial charge >= 0.3 is 5.97 Å². The number of hydrogen-bond donors (Lipinski definition) is 0. The molecule has 2 nitrogen and oxygen atoms in total. The van der Waals surface area contributed by atoms with E-state index in [1.54, 1.807) is 0 Å². The molecular formula is C11H16O2. The number of rotatable bonds is 4. The van der Waals surface area contributed by atoms with Crippen LogP contribution in [0.15, 0.2) is 36.0 Å². The normalized spacial score (nSPS) is 11.8. The summed E-state index contributed by atoms with van der Waals surface area (Å²) in [5, 5.41) is 0. The Morgan fingerprint density at radius 1 is 1.46 bits per heavy atom. The molecule has 0 unspecified atom stereocenters. The molecule has 0 bridgehead atoms. The highest BCUT2D eigenvalue weighted by molar-refractivity contribution is 5.66. The molecule has 0 aromatic rings. The highest BCUT2D eigenvalue weighted by Gasteiger charge is 1.99. The molecule has 2 heteroatoms. The highest BCUT2D eigenvalue weighted by atomic mass is 16.5. The Kier molecular flexibility index (Phi) is 5.60. The number of ether oxygens (including phenoxy) is 1. The molecule has 0 aliphatic heterocycles. The quantitative estimate of drug-likeness (QED) is 0.491. The number of hydrogen-bond acceptors (Lipinski definition) is 2. The summed E-state index contributed by atoms with van der Waals surface area (Å²) in [4.78, 5) is 10.5. The minimum Gasteiger partial charge on any atom is -0.461 e. The van der Waals surface area contributed by atoms with Crippen LogP contribution in [0.4, 0.5) is 0 Å². The molecule has 72 valence electrons. The van der Waals surface area contributed by atoms with Crippen LogP contribution < -0.4 is 0 Å². The third kappa shape index (κ3) is 5.91. The molecule has 0 aliphatic carbocycles. The summed E-state index contributed by atoms with van der Waals surface area (Å²) in [6.07, 6.45) is 5.70. The third-order valence-corrected chi connectivity index (χ3v) is 1.47. The number of esters is 1. The SMILES string of the molecule is C=C(C)C(=CC=CC)COC(C)=O. The van der Waals surface area contributed by atoms with Gasteiger partial charge < -0.3 is 4.74 Å². The fraction of sp³-hybridized carbons (Fsp3) is 0.364. The lowest BCUT2D eigenvalue weighted by Crippen LogP contribution is -2.03. The van der Waals surface area contributed by atoms with E-state index in [0.29, 0.717) is 6.61 Å².